The molecule has 1 aliphatic heterocycles. The van der Waals surface area contributed by atoms with Gasteiger partial charge in [0.25, 0.3) is 5.91 Å². The Labute approximate surface area is 134 Å². The fourth-order valence-electron chi connectivity index (χ4n) is 3.39. The fraction of sp³-hybridized carbons (Fsp3) is 0.316. The Kier molecular flexibility index (Phi) is 3.54. The van der Waals surface area contributed by atoms with Gasteiger partial charge in [0.2, 0.25) is 0 Å². The first-order valence-corrected chi connectivity index (χ1v) is 8.16. The lowest BCUT2D eigenvalue weighted by molar-refractivity contribution is 0.0924. The van der Waals surface area contributed by atoms with Crippen LogP contribution in [0.3, 0.4) is 0 Å². The maximum Gasteiger partial charge on any atom is 0.287 e. The van der Waals surface area contributed by atoms with Crippen LogP contribution in [0.5, 0.6) is 0 Å². The Balaban J connectivity index is 1.68. The number of carbonyl (C=O) groups excluding carboxylic acids is 1. The maximum absolute atomic E-state index is 12.5. The van der Waals surface area contributed by atoms with Crippen molar-refractivity contribution in [3.8, 4) is 0 Å². The van der Waals surface area contributed by atoms with E-state index in [0.717, 1.165) is 40.3 Å². The molecule has 4 nitrogen and oxygen atoms in total. The van der Waals surface area contributed by atoms with Crippen LogP contribution in [0.2, 0.25) is 0 Å². The Morgan fingerprint density at radius 1 is 1.26 bits per heavy atom. The van der Waals surface area contributed by atoms with E-state index in [0.29, 0.717) is 18.3 Å². The Morgan fingerprint density at radius 2 is 2.13 bits per heavy atom. The van der Waals surface area contributed by atoms with Gasteiger partial charge in [-0.25, -0.2) is 0 Å². The number of nitrogens with one attached hydrogen (secondary N) is 2. The summed E-state index contributed by atoms with van der Waals surface area (Å²) in [5.41, 5.74) is 1.70. The fourth-order valence-corrected chi connectivity index (χ4v) is 3.39. The van der Waals surface area contributed by atoms with Crippen molar-refractivity contribution >= 4 is 27.6 Å². The Hall–Kier alpha value is -2.33. The third kappa shape index (κ3) is 2.49. The highest BCUT2D eigenvalue weighted by Gasteiger charge is 2.21. The number of rotatable bonds is 3. The molecule has 1 saturated heterocycles. The van der Waals surface area contributed by atoms with Gasteiger partial charge in [0.15, 0.2) is 5.76 Å². The molecule has 1 amide bonds. The second-order valence-corrected chi connectivity index (χ2v) is 6.22. The van der Waals surface area contributed by atoms with Gasteiger partial charge in [0, 0.05) is 28.9 Å². The van der Waals surface area contributed by atoms with Crippen LogP contribution in [0.1, 0.15) is 29.0 Å². The average molecular weight is 308 g/mol. The van der Waals surface area contributed by atoms with Crippen LogP contribution in [0.4, 0.5) is 0 Å². The quantitative estimate of drug-likeness (QED) is 0.780. The van der Waals surface area contributed by atoms with E-state index in [9.17, 15) is 4.79 Å². The van der Waals surface area contributed by atoms with Gasteiger partial charge in [-0.2, -0.15) is 0 Å². The summed E-state index contributed by atoms with van der Waals surface area (Å²) in [5.74, 6) is 0.297. The van der Waals surface area contributed by atoms with Crippen LogP contribution in [-0.2, 0) is 0 Å². The highest BCUT2D eigenvalue weighted by atomic mass is 16.3. The molecule has 118 valence electrons. The van der Waals surface area contributed by atoms with E-state index in [2.05, 4.69) is 22.8 Å². The van der Waals surface area contributed by atoms with Gasteiger partial charge < -0.3 is 15.1 Å². The van der Waals surface area contributed by atoms with Crippen LogP contribution in [0.15, 0.2) is 40.8 Å². The molecule has 0 bridgehead atoms. The van der Waals surface area contributed by atoms with Crippen LogP contribution >= 0.6 is 0 Å². The lowest BCUT2D eigenvalue weighted by Crippen LogP contribution is -2.37. The standard InChI is InChI=1S/C19H20N2O2/c1-12-15-9-8-13-5-2-3-7-16(13)18(15)23-17(12)19(22)21-11-14-6-4-10-20-14/h2-3,5,7-9,14,20H,4,6,10-11H2,1H3,(H,21,22). The van der Waals surface area contributed by atoms with Gasteiger partial charge in [-0.1, -0.05) is 36.4 Å². The molecular weight excluding hydrogens is 288 g/mol. The highest BCUT2D eigenvalue weighted by Crippen LogP contribution is 2.31. The normalized spacial score (nSPS) is 17.9. The molecule has 2 heterocycles. The molecule has 1 fully saturated rings. The summed E-state index contributed by atoms with van der Waals surface area (Å²) in [7, 11) is 0. The molecule has 3 aromatic rings. The minimum atomic E-state index is -0.128. The van der Waals surface area contributed by atoms with E-state index in [1.165, 1.54) is 6.42 Å². The third-order valence-electron chi connectivity index (χ3n) is 4.71. The van der Waals surface area contributed by atoms with Crippen molar-refractivity contribution in [3.05, 3.63) is 47.7 Å². The molecule has 0 spiro atoms. The summed E-state index contributed by atoms with van der Waals surface area (Å²) in [4.78, 5) is 12.5. The zero-order chi connectivity index (χ0) is 15.8. The molecule has 1 aromatic heterocycles. The number of hydrogen-bond acceptors (Lipinski definition) is 3. The molecular formula is C19H20N2O2. The zero-order valence-electron chi connectivity index (χ0n) is 13.2. The van der Waals surface area contributed by atoms with E-state index < -0.39 is 0 Å². The predicted octanol–water partition coefficient (Wildman–Crippen LogP) is 3.38. The van der Waals surface area contributed by atoms with E-state index in [4.69, 9.17) is 4.42 Å². The van der Waals surface area contributed by atoms with Crippen LogP contribution in [0.25, 0.3) is 21.7 Å². The second kappa shape index (κ2) is 5.70. The largest absolute Gasteiger partial charge is 0.450 e. The summed E-state index contributed by atoms with van der Waals surface area (Å²) >= 11 is 0. The van der Waals surface area contributed by atoms with Gasteiger partial charge in [-0.3, -0.25) is 4.79 Å². The number of hydrogen-bond donors (Lipinski definition) is 2. The van der Waals surface area contributed by atoms with Gasteiger partial charge >= 0.3 is 0 Å². The summed E-state index contributed by atoms with van der Waals surface area (Å²) in [6.07, 6.45) is 2.29. The van der Waals surface area contributed by atoms with E-state index in [1.54, 1.807) is 0 Å². The van der Waals surface area contributed by atoms with E-state index in [1.807, 2.05) is 31.2 Å². The van der Waals surface area contributed by atoms with Crippen molar-refractivity contribution in [2.75, 3.05) is 13.1 Å². The van der Waals surface area contributed by atoms with E-state index in [-0.39, 0.29) is 5.91 Å². The molecule has 1 atom stereocenters. The van der Waals surface area contributed by atoms with Crippen molar-refractivity contribution in [3.63, 3.8) is 0 Å². The van der Waals surface area contributed by atoms with Crippen LogP contribution in [-0.4, -0.2) is 25.0 Å². The molecule has 4 rings (SSSR count). The minimum Gasteiger partial charge on any atom is -0.450 e. The van der Waals surface area contributed by atoms with Crippen LogP contribution < -0.4 is 10.6 Å². The van der Waals surface area contributed by atoms with Crippen molar-refractivity contribution in [1.29, 1.82) is 0 Å². The number of furan rings is 1. The van der Waals surface area contributed by atoms with Gasteiger partial charge in [0.1, 0.15) is 5.58 Å². The van der Waals surface area contributed by atoms with Gasteiger partial charge in [0.05, 0.1) is 0 Å². The predicted molar refractivity (Wildman–Crippen MR) is 91.8 cm³/mol. The first kappa shape index (κ1) is 14.3. The lowest BCUT2D eigenvalue weighted by Gasteiger charge is -2.10. The molecule has 0 aliphatic carbocycles. The topological polar surface area (TPSA) is 54.3 Å². The van der Waals surface area contributed by atoms with E-state index >= 15 is 0 Å². The zero-order valence-corrected chi connectivity index (χ0v) is 13.2. The minimum absolute atomic E-state index is 0.128. The number of amides is 1. The Bertz CT molecular complexity index is 876. The maximum atomic E-state index is 12.5. The molecule has 23 heavy (non-hydrogen) atoms. The molecule has 0 saturated carbocycles. The van der Waals surface area contributed by atoms with Crippen molar-refractivity contribution in [2.45, 2.75) is 25.8 Å². The second-order valence-electron chi connectivity index (χ2n) is 6.22. The first-order chi connectivity index (χ1) is 11.2. The van der Waals surface area contributed by atoms with Gasteiger partial charge in [-0.15, -0.1) is 0 Å². The molecule has 4 heteroatoms. The molecule has 2 aromatic carbocycles. The van der Waals surface area contributed by atoms with Crippen LogP contribution in [0, 0.1) is 6.92 Å². The first-order valence-electron chi connectivity index (χ1n) is 8.16. The summed E-state index contributed by atoms with van der Waals surface area (Å²) in [6.45, 7) is 3.63. The summed E-state index contributed by atoms with van der Waals surface area (Å²) in [5, 5.41) is 9.55. The van der Waals surface area contributed by atoms with Crippen molar-refractivity contribution in [1.82, 2.24) is 10.6 Å². The van der Waals surface area contributed by atoms with Crippen molar-refractivity contribution in [2.24, 2.45) is 0 Å². The monoisotopic (exact) mass is 308 g/mol. The third-order valence-corrected chi connectivity index (χ3v) is 4.71. The SMILES string of the molecule is Cc1c(C(=O)NCC2CCCN2)oc2c1ccc1ccccc12. The summed E-state index contributed by atoms with van der Waals surface area (Å²) < 4.78 is 5.96. The Morgan fingerprint density at radius 3 is 2.96 bits per heavy atom. The molecule has 1 aliphatic rings. The highest BCUT2D eigenvalue weighted by molar-refractivity contribution is 6.08. The van der Waals surface area contributed by atoms with Crippen molar-refractivity contribution < 1.29 is 9.21 Å². The number of carbonyl (C=O) groups is 1. The molecule has 0 radical (unpaired) electrons. The lowest BCUT2D eigenvalue weighted by atomic mass is 10.1. The van der Waals surface area contributed by atoms with Gasteiger partial charge in [-0.05, 0) is 31.7 Å². The molecule has 1 unspecified atom stereocenters. The number of aryl methyl sites for hydroxylation is 1. The average Bonchev–Trinajstić information content (AvgIpc) is 3.21. The smallest absolute Gasteiger partial charge is 0.287 e. The number of benzene rings is 2. The molecule has 2 N–H and O–H groups in total. The summed E-state index contributed by atoms with van der Waals surface area (Å²) in [6, 6.07) is 12.6. The number of fused-ring (bicyclic) bond motifs is 3.